The minimum atomic E-state index is -4.75. The first-order valence-electron chi connectivity index (χ1n) is 8.11. The number of ether oxygens (including phenoxy) is 1. The molecule has 0 aliphatic rings. The van der Waals surface area contributed by atoms with Crippen molar-refractivity contribution in [1.82, 2.24) is 24.6 Å². The predicted molar refractivity (Wildman–Crippen MR) is 95.1 cm³/mol. The lowest BCUT2D eigenvalue weighted by Gasteiger charge is -2.09. The minimum Gasteiger partial charge on any atom is -0.406 e. The molecule has 0 aliphatic carbocycles. The highest BCUT2D eigenvalue weighted by atomic mass is 19.4. The first-order valence-corrected chi connectivity index (χ1v) is 8.11. The lowest BCUT2D eigenvalue weighted by atomic mass is 10.1. The van der Waals surface area contributed by atoms with Crippen LogP contribution in [0.2, 0.25) is 0 Å². The van der Waals surface area contributed by atoms with Crippen LogP contribution in [0.5, 0.6) is 5.75 Å². The van der Waals surface area contributed by atoms with Crippen molar-refractivity contribution in [2.24, 2.45) is 0 Å². The summed E-state index contributed by atoms with van der Waals surface area (Å²) in [6, 6.07) is 8.83. The van der Waals surface area contributed by atoms with Gasteiger partial charge in [-0.25, -0.2) is 4.52 Å². The van der Waals surface area contributed by atoms with Gasteiger partial charge in [0.15, 0.2) is 5.65 Å². The largest absolute Gasteiger partial charge is 0.573 e. The Balaban J connectivity index is 1.62. The first-order chi connectivity index (χ1) is 13.9. The number of hydrogen-bond donors (Lipinski definition) is 1. The molecule has 0 amide bonds. The van der Waals surface area contributed by atoms with Gasteiger partial charge in [-0.05, 0) is 30.3 Å². The molecule has 0 atom stereocenters. The van der Waals surface area contributed by atoms with Crippen molar-refractivity contribution in [1.29, 1.82) is 5.26 Å². The standard InChI is InChI=1S/C18H10F3N7O/c19-18(20,21)29-14-3-1-13(2-4-14)25-17-26-16-15(24-5-6-28(16)27-17)12-7-11(8-22)9-23-10-12/h1-7,9-10H,(H,25,27). The van der Waals surface area contributed by atoms with E-state index in [1.165, 1.54) is 41.2 Å². The minimum absolute atomic E-state index is 0.216. The lowest BCUT2D eigenvalue weighted by Crippen LogP contribution is -2.16. The summed E-state index contributed by atoms with van der Waals surface area (Å²) >= 11 is 0. The molecule has 0 fully saturated rings. The first kappa shape index (κ1) is 18.2. The van der Waals surface area contributed by atoms with Crippen molar-refractivity contribution >= 4 is 17.3 Å². The Morgan fingerprint density at radius 3 is 2.66 bits per heavy atom. The molecule has 3 heterocycles. The van der Waals surface area contributed by atoms with Crippen molar-refractivity contribution < 1.29 is 17.9 Å². The molecular weight excluding hydrogens is 387 g/mol. The highest BCUT2D eigenvalue weighted by molar-refractivity contribution is 5.74. The van der Waals surface area contributed by atoms with Crippen LogP contribution in [0.15, 0.2) is 55.1 Å². The topological polar surface area (TPSA) is 101 Å². The van der Waals surface area contributed by atoms with Gasteiger partial charge in [0.1, 0.15) is 17.5 Å². The van der Waals surface area contributed by atoms with Gasteiger partial charge in [0.25, 0.3) is 0 Å². The maximum atomic E-state index is 12.2. The molecule has 0 saturated carbocycles. The number of hydrogen-bond acceptors (Lipinski definition) is 7. The third kappa shape index (κ3) is 4.06. The highest BCUT2D eigenvalue weighted by Crippen LogP contribution is 2.26. The Kier molecular flexibility index (Phi) is 4.44. The molecule has 0 aliphatic heterocycles. The molecule has 8 nitrogen and oxygen atoms in total. The Morgan fingerprint density at radius 1 is 1.14 bits per heavy atom. The molecule has 1 N–H and O–H groups in total. The molecule has 29 heavy (non-hydrogen) atoms. The SMILES string of the molecule is N#Cc1cncc(-c2nccn3nc(Nc4ccc(OC(F)(F)F)cc4)nc23)c1. The zero-order chi connectivity index (χ0) is 20.4. The maximum absolute atomic E-state index is 12.2. The molecule has 4 aromatic rings. The lowest BCUT2D eigenvalue weighted by molar-refractivity contribution is -0.274. The van der Waals surface area contributed by atoms with Gasteiger partial charge in [0.2, 0.25) is 5.95 Å². The normalized spacial score (nSPS) is 11.2. The third-order valence-corrected chi connectivity index (χ3v) is 3.74. The van der Waals surface area contributed by atoms with Crippen LogP contribution in [-0.2, 0) is 0 Å². The molecule has 144 valence electrons. The summed E-state index contributed by atoms with van der Waals surface area (Å²) in [4.78, 5) is 12.7. The number of rotatable bonds is 4. The number of halogens is 3. The molecule has 0 saturated heterocycles. The van der Waals surface area contributed by atoms with Crippen LogP contribution in [0.25, 0.3) is 16.9 Å². The Bertz CT molecular complexity index is 1210. The van der Waals surface area contributed by atoms with Gasteiger partial charge in [0.05, 0.1) is 5.56 Å². The van der Waals surface area contributed by atoms with Gasteiger partial charge in [-0.3, -0.25) is 9.97 Å². The predicted octanol–water partition coefficient (Wildman–Crippen LogP) is 3.70. The summed E-state index contributed by atoms with van der Waals surface area (Å²) in [7, 11) is 0. The van der Waals surface area contributed by atoms with Crippen molar-refractivity contribution in [3.8, 4) is 23.1 Å². The number of alkyl halides is 3. The summed E-state index contributed by atoms with van der Waals surface area (Å²) in [6.07, 6.45) is 1.37. The number of nitrogens with one attached hydrogen (secondary N) is 1. The number of benzene rings is 1. The molecule has 11 heteroatoms. The number of nitrogens with zero attached hydrogens (tertiary/aromatic N) is 6. The van der Waals surface area contributed by atoms with Crippen LogP contribution in [0.4, 0.5) is 24.8 Å². The second kappa shape index (κ2) is 7.08. The summed E-state index contributed by atoms with van der Waals surface area (Å²) in [5.41, 5.74) is 2.35. The number of anilines is 2. The van der Waals surface area contributed by atoms with E-state index in [0.29, 0.717) is 28.2 Å². The smallest absolute Gasteiger partial charge is 0.406 e. The van der Waals surface area contributed by atoms with E-state index >= 15 is 0 Å². The molecule has 0 unspecified atom stereocenters. The third-order valence-electron chi connectivity index (χ3n) is 3.74. The molecule has 0 bridgehead atoms. The van der Waals surface area contributed by atoms with E-state index in [1.807, 2.05) is 6.07 Å². The van der Waals surface area contributed by atoms with Crippen LogP contribution < -0.4 is 10.1 Å². The summed E-state index contributed by atoms with van der Waals surface area (Å²) < 4.78 is 42.1. The van der Waals surface area contributed by atoms with Gasteiger partial charge < -0.3 is 10.1 Å². The average Bonchev–Trinajstić information content (AvgIpc) is 3.11. The van der Waals surface area contributed by atoms with E-state index in [1.54, 1.807) is 18.5 Å². The fourth-order valence-corrected chi connectivity index (χ4v) is 2.57. The summed E-state index contributed by atoms with van der Waals surface area (Å²) in [6.45, 7) is 0. The van der Waals surface area contributed by atoms with Crippen LogP contribution in [0, 0.1) is 11.3 Å². The molecule has 1 aromatic carbocycles. The number of nitriles is 1. The van der Waals surface area contributed by atoms with E-state index in [-0.39, 0.29) is 11.7 Å². The Labute approximate surface area is 161 Å². The average molecular weight is 397 g/mol. The van der Waals surface area contributed by atoms with E-state index in [9.17, 15) is 13.2 Å². The number of pyridine rings is 1. The van der Waals surface area contributed by atoms with E-state index in [2.05, 4.69) is 30.1 Å². The molecular formula is C18H10F3N7O. The van der Waals surface area contributed by atoms with Crippen molar-refractivity contribution in [2.45, 2.75) is 6.36 Å². The molecule has 3 aromatic heterocycles. The zero-order valence-electron chi connectivity index (χ0n) is 14.4. The maximum Gasteiger partial charge on any atom is 0.573 e. The monoisotopic (exact) mass is 397 g/mol. The van der Waals surface area contributed by atoms with Gasteiger partial charge in [-0.15, -0.1) is 18.3 Å². The van der Waals surface area contributed by atoms with Gasteiger partial charge in [0, 0.05) is 36.0 Å². The van der Waals surface area contributed by atoms with Crippen molar-refractivity contribution in [3.05, 3.63) is 60.7 Å². The van der Waals surface area contributed by atoms with Crippen LogP contribution >= 0.6 is 0 Å². The second-order valence-electron chi connectivity index (χ2n) is 5.75. The number of fused-ring (bicyclic) bond motifs is 1. The molecule has 0 spiro atoms. The zero-order valence-corrected chi connectivity index (χ0v) is 14.4. The summed E-state index contributed by atoms with van der Waals surface area (Å²) in [5, 5.41) is 16.2. The number of aromatic nitrogens is 5. The fourth-order valence-electron chi connectivity index (χ4n) is 2.57. The van der Waals surface area contributed by atoms with E-state index < -0.39 is 6.36 Å². The van der Waals surface area contributed by atoms with E-state index in [0.717, 1.165) is 0 Å². The Hall–Kier alpha value is -4.20. The van der Waals surface area contributed by atoms with E-state index in [4.69, 9.17) is 5.26 Å². The highest BCUT2D eigenvalue weighted by Gasteiger charge is 2.30. The van der Waals surface area contributed by atoms with Gasteiger partial charge in [-0.2, -0.15) is 10.2 Å². The fraction of sp³-hybridized carbons (Fsp3) is 0.0556. The van der Waals surface area contributed by atoms with Crippen LogP contribution in [0.1, 0.15) is 5.56 Å². The van der Waals surface area contributed by atoms with Gasteiger partial charge >= 0.3 is 6.36 Å². The van der Waals surface area contributed by atoms with Crippen molar-refractivity contribution in [3.63, 3.8) is 0 Å². The van der Waals surface area contributed by atoms with Gasteiger partial charge in [-0.1, -0.05) is 0 Å². The second-order valence-corrected chi connectivity index (χ2v) is 5.75. The quantitative estimate of drug-likeness (QED) is 0.560. The molecule has 4 rings (SSSR count). The van der Waals surface area contributed by atoms with Crippen molar-refractivity contribution in [2.75, 3.05) is 5.32 Å². The Morgan fingerprint density at radius 2 is 1.93 bits per heavy atom. The van der Waals surface area contributed by atoms with Crippen LogP contribution in [-0.4, -0.2) is 30.9 Å². The van der Waals surface area contributed by atoms with Crippen LogP contribution in [0.3, 0.4) is 0 Å². The summed E-state index contributed by atoms with van der Waals surface area (Å²) in [5.74, 6) is -0.115. The molecule has 0 radical (unpaired) electrons.